The molecule has 8 nitrogen and oxygen atoms in total. The molecule has 158 valence electrons. The van der Waals surface area contributed by atoms with E-state index in [1.54, 1.807) is 18.3 Å². The van der Waals surface area contributed by atoms with Crippen LogP contribution in [-0.2, 0) is 0 Å². The van der Waals surface area contributed by atoms with Crippen molar-refractivity contribution in [3.63, 3.8) is 0 Å². The van der Waals surface area contributed by atoms with Gasteiger partial charge in [0, 0.05) is 63.9 Å². The van der Waals surface area contributed by atoms with Crippen LogP contribution in [0.25, 0.3) is 16.9 Å². The molecule has 1 aliphatic heterocycles. The van der Waals surface area contributed by atoms with E-state index in [2.05, 4.69) is 43.4 Å². The molecule has 4 aromatic rings. The average Bonchev–Trinajstić information content (AvgIpc) is 3.51. The van der Waals surface area contributed by atoms with Crippen LogP contribution in [0.4, 0.5) is 11.5 Å². The summed E-state index contributed by atoms with van der Waals surface area (Å²) in [6, 6.07) is 11.8. The Labute approximate surface area is 180 Å². The fourth-order valence-corrected chi connectivity index (χ4v) is 3.96. The first-order valence-electron chi connectivity index (χ1n) is 10.3. The van der Waals surface area contributed by atoms with E-state index < -0.39 is 0 Å². The van der Waals surface area contributed by atoms with E-state index in [1.165, 1.54) is 6.26 Å². The summed E-state index contributed by atoms with van der Waals surface area (Å²) in [6.45, 7) is 2.61. The molecule has 0 aliphatic carbocycles. The van der Waals surface area contributed by atoms with E-state index in [0.29, 0.717) is 31.9 Å². The van der Waals surface area contributed by atoms with Gasteiger partial charge in [0.1, 0.15) is 0 Å². The zero-order chi connectivity index (χ0) is 21.4. The van der Waals surface area contributed by atoms with Crippen molar-refractivity contribution < 1.29 is 9.21 Å². The second-order valence-corrected chi connectivity index (χ2v) is 7.79. The molecule has 4 heterocycles. The number of hydrogen-bond donors (Lipinski definition) is 0. The summed E-state index contributed by atoms with van der Waals surface area (Å²) in [5.74, 6) is 1.15. The highest BCUT2D eigenvalue weighted by Gasteiger charge is 2.26. The number of carbonyl (C=O) groups is 1. The molecule has 0 bridgehead atoms. The first-order chi connectivity index (χ1) is 15.1. The average molecular weight is 416 g/mol. The molecule has 1 saturated heterocycles. The number of hydrogen-bond acceptors (Lipinski definition) is 6. The lowest BCUT2D eigenvalue weighted by molar-refractivity contribution is 0.0714. The number of piperazine rings is 1. The van der Waals surface area contributed by atoms with Gasteiger partial charge in [0.15, 0.2) is 17.2 Å². The molecular formula is C23H24N6O2. The number of anilines is 2. The Morgan fingerprint density at radius 1 is 1.06 bits per heavy atom. The van der Waals surface area contributed by atoms with Crippen LogP contribution in [-0.4, -0.2) is 65.5 Å². The highest BCUT2D eigenvalue weighted by Crippen LogP contribution is 2.28. The van der Waals surface area contributed by atoms with Crippen molar-refractivity contribution in [2.24, 2.45) is 0 Å². The number of rotatable bonds is 4. The van der Waals surface area contributed by atoms with Crippen LogP contribution < -0.4 is 9.80 Å². The van der Waals surface area contributed by atoms with Crippen LogP contribution >= 0.6 is 0 Å². The van der Waals surface area contributed by atoms with Gasteiger partial charge < -0.3 is 19.1 Å². The number of benzene rings is 1. The van der Waals surface area contributed by atoms with Gasteiger partial charge >= 0.3 is 0 Å². The van der Waals surface area contributed by atoms with Gasteiger partial charge in [-0.05, 0) is 24.3 Å². The zero-order valence-corrected chi connectivity index (χ0v) is 17.6. The van der Waals surface area contributed by atoms with Crippen LogP contribution in [0.3, 0.4) is 0 Å². The molecule has 0 N–H and O–H groups in total. The van der Waals surface area contributed by atoms with Crippen molar-refractivity contribution in [2.75, 3.05) is 50.1 Å². The van der Waals surface area contributed by atoms with Gasteiger partial charge in [0.25, 0.3) is 5.91 Å². The molecule has 0 radical (unpaired) electrons. The minimum absolute atomic E-state index is 0.0697. The summed E-state index contributed by atoms with van der Waals surface area (Å²) >= 11 is 0. The quantitative estimate of drug-likeness (QED) is 0.509. The topological polar surface area (TPSA) is 70.1 Å². The molecule has 1 fully saturated rings. The predicted molar refractivity (Wildman–Crippen MR) is 120 cm³/mol. The molecule has 0 saturated carbocycles. The van der Waals surface area contributed by atoms with Crippen molar-refractivity contribution in [3.05, 3.63) is 67.0 Å². The predicted octanol–water partition coefficient (Wildman–Crippen LogP) is 3.02. The number of carbonyl (C=O) groups excluding carboxylic acids is 1. The fraction of sp³-hybridized carbons (Fsp3) is 0.261. The first-order valence-corrected chi connectivity index (χ1v) is 10.3. The summed E-state index contributed by atoms with van der Waals surface area (Å²) in [7, 11) is 4.06. The van der Waals surface area contributed by atoms with Gasteiger partial charge in [-0.3, -0.25) is 9.20 Å². The Morgan fingerprint density at radius 3 is 2.65 bits per heavy atom. The zero-order valence-electron chi connectivity index (χ0n) is 17.6. The third-order valence-corrected chi connectivity index (χ3v) is 5.67. The van der Waals surface area contributed by atoms with E-state index in [-0.39, 0.29) is 5.91 Å². The number of imidazole rings is 1. The minimum atomic E-state index is -0.0697. The normalized spacial score (nSPS) is 14.3. The number of aromatic nitrogens is 3. The Kier molecular flexibility index (Phi) is 4.82. The van der Waals surface area contributed by atoms with E-state index >= 15 is 0 Å². The fourth-order valence-electron chi connectivity index (χ4n) is 3.96. The smallest absolute Gasteiger partial charge is 0.289 e. The number of nitrogens with zero attached hydrogens (tertiary/aromatic N) is 6. The maximum Gasteiger partial charge on any atom is 0.289 e. The van der Waals surface area contributed by atoms with Gasteiger partial charge in [0.2, 0.25) is 0 Å². The lowest BCUT2D eigenvalue weighted by atomic mass is 10.1. The third kappa shape index (κ3) is 3.50. The Hall–Kier alpha value is -3.81. The van der Waals surface area contributed by atoms with Crippen molar-refractivity contribution in [2.45, 2.75) is 0 Å². The molecule has 1 amide bonds. The maximum atomic E-state index is 12.5. The van der Waals surface area contributed by atoms with Crippen LogP contribution in [0.1, 0.15) is 10.6 Å². The molecule has 0 atom stereocenters. The second-order valence-electron chi connectivity index (χ2n) is 7.79. The Balaban J connectivity index is 1.40. The standard InChI is InChI=1S/C23H24N6O2/c1-26(2)18-6-3-5-17(15-18)19-16-25-21(22-24-8-9-29(19)22)27-10-12-28(13-11-27)23(30)20-7-4-14-31-20/h3-9,14-16H,10-13H2,1-2H3. The van der Waals surface area contributed by atoms with Gasteiger partial charge in [0.05, 0.1) is 18.2 Å². The molecule has 8 heteroatoms. The number of amides is 1. The lowest BCUT2D eigenvalue weighted by Gasteiger charge is -2.35. The lowest BCUT2D eigenvalue weighted by Crippen LogP contribution is -2.49. The van der Waals surface area contributed by atoms with Crippen molar-refractivity contribution in [3.8, 4) is 11.3 Å². The SMILES string of the molecule is CN(C)c1cccc(-c2cnc(N3CCN(C(=O)c4ccco4)CC3)c3nccn23)c1. The molecule has 1 aromatic carbocycles. The van der Waals surface area contributed by atoms with Crippen LogP contribution in [0, 0.1) is 0 Å². The Bertz CT molecular complexity index is 1210. The Morgan fingerprint density at radius 2 is 1.90 bits per heavy atom. The number of fused-ring (bicyclic) bond motifs is 1. The van der Waals surface area contributed by atoms with Gasteiger partial charge in [-0.15, -0.1) is 0 Å². The molecular weight excluding hydrogens is 392 g/mol. The van der Waals surface area contributed by atoms with Crippen molar-refractivity contribution >= 4 is 23.1 Å². The van der Waals surface area contributed by atoms with E-state index in [9.17, 15) is 4.79 Å². The molecule has 31 heavy (non-hydrogen) atoms. The van der Waals surface area contributed by atoms with E-state index in [0.717, 1.165) is 28.4 Å². The summed E-state index contributed by atoms with van der Waals surface area (Å²) in [6.07, 6.45) is 7.20. The largest absolute Gasteiger partial charge is 0.459 e. The van der Waals surface area contributed by atoms with E-state index in [1.807, 2.05) is 31.4 Å². The van der Waals surface area contributed by atoms with Gasteiger partial charge in [-0.2, -0.15) is 0 Å². The van der Waals surface area contributed by atoms with Crippen molar-refractivity contribution in [1.82, 2.24) is 19.3 Å². The summed E-state index contributed by atoms with van der Waals surface area (Å²) in [5, 5.41) is 0. The molecule has 3 aromatic heterocycles. The minimum Gasteiger partial charge on any atom is -0.459 e. The van der Waals surface area contributed by atoms with Crippen LogP contribution in [0.15, 0.2) is 65.7 Å². The summed E-state index contributed by atoms with van der Waals surface area (Å²) in [4.78, 5) is 28.0. The molecule has 0 unspecified atom stereocenters. The van der Waals surface area contributed by atoms with Crippen molar-refractivity contribution in [1.29, 1.82) is 0 Å². The van der Waals surface area contributed by atoms with E-state index in [4.69, 9.17) is 9.40 Å². The van der Waals surface area contributed by atoms with Crippen LogP contribution in [0.5, 0.6) is 0 Å². The third-order valence-electron chi connectivity index (χ3n) is 5.67. The summed E-state index contributed by atoms with van der Waals surface area (Å²) in [5.41, 5.74) is 4.03. The van der Waals surface area contributed by atoms with Gasteiger partial charge in [-0.25, -0.2) is 9.97 Å². The molecule has 1 aliphatic rings. The highest BCUT2D eigenvalue weighted by atomic mass is 16.3. The summed E-state index contributed by atoms with van der Waals surface area (Å²) < 4.78 is 7.33. The molecule has 5 rings (SSSR count). The van der Waals surface area contributed by atoms with Crippen LogP contribution in [0.2, 0.25) is 0 Å². The maximum absolute atomic E-state index is 12.5. The van der Waals surface area contributed by atoms with Gasteiger partial charge in [-0.1, -0.05) is 12.1 Å². The monoisotopic (exact) mass is 416 g/mol. The highest BCUT2D eigenvalue weighted by molar-refractivity contribution is 5.91. The number of furan rings is 1. The molecule has 0 spiro atoms. The first kappa shape index (κ1) is 19.2. The second kappa shape index (κ2) is 7.79.